The lowest BCUT2D eigenvalue weighted by molar-refractivity contribution is -0.119. The second-order valence-corrected chi connectivity index (χ2v) is 15.7. The molecular formula is C44H54N2O10S. The van der Waals surface area contributed by atoms with Gasteiger partial charge in [0.05, 0.1) is 28.8 Å². The van der Waals surface area contributed by atoms with Crippen LogP contribution >= 0.6 is 11.8 Å². The lowest BCUT2D eigenvalue weighted by atomic mass is 9.83. The molecule has 3 aliphatic rings. The molecule has 2 amide bonds. The fourth-order valence-corrected chi connectivity index (χ4v) is 7.08. The first-order valence-corrected chi connectivity index (χ1v) is 19.8. The number of amides is 2. The number of fused-ring (bicyclic) bond motifs is 18. The minimum atomic E-state index is -1.03. The number of carbonyl (C=O) groups is 6. The topological polar surface area (TPSA) is 207 Å². The highest BCUT2D eigenvalue weighted by Crippen LogP contribution is 2.39. The van der Waals surface area contributed by atoms with E-state index in [1.807, 2.05) is 0 Å². The van der Waals surface area contributed by atoms with Crippen LogP contribution in [0.5, 0.6) is 5.75 Å². The van der Waals surface area contributed by atoms with Gasteiger partial charge in [0.15, 0.2) is 11.6 Å². The Labute approximate surface area is 338 Å². The highest BCUT2D eigenvalue weighted by Gasteiger charge is 2.39. The largest absolute Gasteiger partial charge is 0.507 e. The van der Waals surface area contributed by atoms with Crippen LogP contribution in [0.2, 0.25) is 0 Å². The van der Waals surface area contributed by atoms with E-state index in [9.17, 15) is 49.2 Å². The molecule has 306 valence electrons. The highest BCUT2D eigenvalue weighted by atomic mass is 32.2. The van der Waals surface area contributed by atoms with Crippen molar-refractivity contribution in [2.75, 3.05) is 12.3 Å². The highest BCUT2D eigenvalue weighted by molar-refractivity contribution is 8.04. The maximum atomic E-state index is 14.4. The number of phenolic OH excluding ortho intramolecular Hbond substituents is 1. The zero-order valence-electron chi connectivity index (χ0n) is 33.7. The first kappa shape index (κ1) is 46.4. The summed E-state index contributed by atoms with van der Waals surface area (Å²) in [5.41, 5.74) is -0.410. The van der Waals surface area contributed by atoms with Gasteiger partial charge in [0, 0.05) is 60.1 Å². The number of Topliss-reactive ketones (excluding diaryl/α,β-unsaturated/α-hetero) is 4. The zero-order valence-corrected chi connectivity index (χ0v) is 34.5. The number of hydrogen-bond donors (Lipinski definition) is 6. The number of ketones is 4. The van der Waals surface area contributed by atoms with Crippen molar-refractivity contribution < 1.29 is 49.2 Å². The summed E-state index contributed by atoms with van der Waals surface area (Å²) in [6.07, 6.45) is 11.3. The standard InChI is InChI=1S/C44H54N2O10S/c1-23-12-10-9-11-13-26(4)44(56)46-37-41(54)32-21-29(7)40(53)36(35(32)42(55)43(37)57-19-18-45-30(8)47)39(52)28(6)20-27(5)38(51)25(3)15-17-31(48)16-14-24(2)34(50)22-33(23)49/h9-15,17,20-21,23,25,27,31,33,38,48-49,51,53H,16,18-19,22H2,1-8H3,(H,45,47)(H,46,56). The van der Waals surface area contributed by atoms with Crippen LogP contribution in [-0.4, -0.2) is 86.0 Å². The molecule has 57 heavy (non-hydrogen) atoms. The molecular weight excluding hydrogens is 749 g/mol. The molecule has 2 heterocycles. The molecule has 0 spiro atoms. The molecule has 1 aliphatic carbocycles. The summed E-state index contributed by atoms with van der Waals surface area (Å²) in [7, 11) is 0. The molecule has 4 bridgehead atoms. The lowest BCUT2D eigenvalue weighted by Gasteiger charge is -2.25. The van der Waals surface area contributed by atoms with E-state index >= 15 is 0 Å². The molecule has 0 aromatic heterocycles. The minimum Gasteiger partial charge on any atom is -0.507 e. The van der Waals surface area contributed by atoms with Gasteiger partial charge >= 0.3 is 0 Å². The number of aliphatic hydroxyl groups excluding tert-OH is 3. The maximum Gasteiger partial charge on any atom is 0.251 e. The van der Waals surface area contributed by atoms with Gasteiger partial charge in [-0.1, -0.05) is 75.5 Å². The van der Waals surface area contributed by atoms with Gasteiger partial charge < -0.3 is 31.1 Å². The van der Waals surface area contributed by atoms with Crippen molar-refractivity contribution in [1.82, 2.24) is 10.6 Å². The van der Waals surface area contributed by atoms with Crippen LogP contribution in [0.3, 0.4) is 0 Å². The van der Waals surface area contributed by atoms with Crippen LogP contribution in [0.25, 0.3) is 0 Å². The predicted octanol–water partition coefficient (Wildman–Crippen LogP) is 5.32. The molecule has 0 saturated carbocycles. The second kappa shape index (κ2) is 21.0. The monoisotopic (exact) mass is 802 g/mol. The minimum absolute atomic E-state index is 0.0847. The van der Waals surface area contributed by atoms with Crippen molar-refractivity contribution in [3.63, 3.8) is 0 Å². The molecule has 1 aromatic rings. The first-order valence-electron chi connectivity index (χ1n) is 18.8. The van der Waals surface area contributed by atoms with Gasteiger partial charge in [0.2, 0.25) is 17.5 Å². The average Bonchev–Trinajstić information content (AvgIpc) is 3.16. The molecule has 2 aliphatic heterocycles. The van der Waals surface area contributed by atoms with E-state index in [1.165, 1.54) is 52.0 Å². The molecule has 6 atom stereocenters. The summed E-state index contributed by atoms with van der Waals surface area (Å²) in [6, 6.07) is 1.30. The maximum absolute atomic E-state index is 14.4. The van der Waals surface area contributed by atoms with Crippen molar-refractivity contribution in [2.45, 2.75) is 86.5 Å². The van der Waals surface area contributed by atoms with Crippen molar-refractivity contribution in [3.8, 4) is 5.75 Å². The lowest BCUT2D eigenvalue weighted by Crippen LogP contribution is -2.35. The first-order chi connectivity index (χ1) is 26.8. The Kier molecular flexibility index (Phi) is 17.1. The average molecular weight is 803 g/mol. The number of aromatic hydroxyl groups is 1. The van der Waals surface area contributed by atoms with E-state index in [1.54, 1.807) is 64.2 Å². The molecule has 0 fully saturated rings. The van der Waals surface area contributed by atoms with E-state index in [-0.39, 0.29) is 80.8 Å². The third-order valence-corrected chi connectivity index (χ3v) is 10.9. The van der Waals surface area contributed by atoms with E-state index < -0.39 is 65.1 Å². The number of aliphatic hydroxyl groups is 3. The molecule has 4 rings (SSSR count). The number of benzene rings is 1. The zero-order chi connectivity index (χ0) is 42.7. The third-order valence-electron chi connectivity index (χ3n) is 9.84. The van der Waals surface area contributed by atoms with Crippen LogP contribution in [0, 0.1) is 24.7 Å². The van der Waals surface area contributed by atoms with E-state index in [0.717, 1.165) is 11.8 Å². The fraction of sp³-hybridized carbons (Fsp3) is 0.409. The van der Waals surface area contributed by atoms with Crippen LogP contribution < -0.4 is 10.6 Å². The number of phenols is 1. The Hall–Kier alpha value is -4.95. The Bertz CT molecular complexity index is 2000. The van der Waals surface area contributed by atoms with Crippen molar-refractivity contribution in [3.05, 3.63) is 110 Å². The number of rotatable bonds is 4. The number of nitrogens with one attached hydrogen (secondary N) is 2. The second-order valence-electron chi connectivity index (χ2n) is 14.6. The summed E-state index contributed by atoms with van der Waals surface area (Å²) in [4.78, 5) is 80.3. The summed E-state index contributed by atoms with van der Waals surface area (Å²) in [5, 5.41) is 48.9. The van der Waals surface area contributed by atoms with Gasteiger partial charge in [-0.05, 0) is 56.9 Å². The van der Waals surface area contributed by atoms with Crippen LogP contribution in [0.1, 0.15) is 97.9 Å². The van der Waals surface area contributed by atoms with Gasteiger partial charge in [-0.25, -0.2) is 0 Å². The normalized spacial score (nSPS) is 25.0. The number of hydrogen-bond acceptors (Lipinski definition) is 11. The summed E-state index contributed by atoms with van der Waals surface area (Å²) >= 11 is 0.906. The fourth-order valence-electron chi connectivity index (χ4n) is 6.15. The number of allylic oxidation sites excluding steroid dienone is 8. The summed E-state index contributed by atoms with van der Waals surface area (Å²) in [5.74, 6) is -5.43. The smallest absolute Gasteiger partial charge is 0.251 e. The number of aryl methyl sites for hydroxylation is 1. The Morgan fingerprint density at radius 3 is 2.18 bits per heavy atom. The molecule has 6 N–H and O–H groups in total. The number of carbonyl (C=O) groups excluding carboxylic acids is 6. The van der Waals surface area contributed by atoms with Crippen LogP contribution in [0.4, 0.5) is 0 Å². The summed E-state index contributed by atoms with van der Waals surface area (Å²) < 4.78 is 0. The Morgan fingerprint density at radius 2 is 1.51 bits per heavy atom. The van der Waals surface area contributed by atoms with Gasteiger partial charge in [-0.3, -0.25) is 28.8 Å². The summed E-state index contributed by atoms with van der Waals surface area (Å²) in [6.45, 7) is 12.7. The Morgan fingerprint density at radius 1 is 0.825 bits per heavy atom. The number of thioether (sulfide) groups is 1. The molecule has 0 saturated heterocycles. The van der Waals surface area contributed by atoms with Crippen LogP contribution in [-0.2, 0) is 14.4 Å². The van der Waals surface area contributed by atoms with Gasteiger partial charge in [-0.2, -0.15) is 0 Å². The van der Waals surface area contributed by atoms with Gasteiger partial charge in [-0.15, -0.1) is 11.8 Å². The molecule has 12 nitrogen and oxygen atoms in total. The van der Waals surface area contributed by atoms with E-state index in [2.05, 4.69) is 10.6 Å². The Balaban J connectivity index is 2.17. The van der Waals surface area contributed by atoms with Crippen molar-refractivity contribution >= 4 is 46.7 Å². The van der Waals surface area contributed by atoms with E-state index in [4.69, 9.17) is 0 Å². The molecule has 1 aromatic carbocycles. The van der Waals surface area contributed by atoms with Gasteiger partial charge in [0.25, 0.3) is 5.91 Å². The van der Waals surface area contributed by atoms with Crippen molar-refractivity contribution in [2.24, 2.45) is 17.8 Å². The van der Waals surface area contributed by atoms with Crippen molar-refractivity contribution in [1.29, 1.82) is 0 Å². The molecule has 0 radical (unpaired) electrons. The third kappa shape index (κ3) is 12.3. The molecule has 13 heteroatoms. The predicted molar refractivity (Wildman–Crippen MR) is 221 cm³/mol. The van der Waals surface area contributed by atoms with E-state index in [0.29, 0.717) is 5.57 Å². The molecule has 6 unspecified atom stereocenters. The van der Waals surface area contributed by atoms with Gasteiger partial charge in [0.1, 0.15) is 11.4 Å². The van der Waals surface area contributed by atoms with Crippen LogP contribution in [0.15, 0.2) is 88.1 Å². The SMILES string of the molecule is CC(=O)NCCSC1=C2NC(=O)C(C)=CC=CC=CC(C)C(O)CC(=O)C(C)=CCC(O)C=CC(C)C(O)C(C)C=C(C)C(=O)c3c(O)c(C)cc(c3C1=O)C2=O. The quantitative estimate of drug-likeness (QED) is 0.170.